The summed E-state index contributed by atoms with van der Waals surface area (Å²) in [6, 6.07) is 9.32. The maximum absolute atomic E-state index is 13.3. The molecule has 3 rings (SSSR count). The van der Waals surface area contributed by atoms with Crippen LogP contribution in [0.25, 0.3) is 0 Å². The van der Waals surface area contributed by atoms with Crippen LogP contribution in [0.15, 0.2) is 52.3 Å². The molecule has 152 valence electrons. The summed E-state index contributed by atoms with van der Waals surface area (Å²) in [6.07, 6.45) is -3.57. The average Bonchev–Trinajstić information content (AvgIpc) is 3.11. The molecule has 0 aliphatic carbocycles. The molecule has 0 unspecified atom stereocenters. The first-order valence-electron chi connectivity index (χ1n) is 8.28. The van der Waals surface area contributed by atoms with Crippen molar-refractivity contribution in [3.05, 3.63) is 75.8 Å². The van der Waals surface area contributed by atoms with Crippen LogP contribution in [0.3, 0.4) is 0 Å². The number of hydrogen-bond acceptors (Lipinski definition) is 6. The molecule has 6 nitrogen and oxygen atoms in total. The van der Waals surface area contributed by atoms with Gasteiger partial charge in [-0.05, 0) is 18.6 Å². The van der Waals surface area contributed by atoms with Gasteiger partial charge in [0.1, 0.15) is 36.4 Å². The molecule has 0 fully saturated rings. The lowest BCUT2D eigenvalue weighted by Crippen LogP contribution is -2.13. The summed E-state index contributed by atoms with van der Waals surface area (Å²) in [7, 11) is 1.37. The molecule has 0 atom stereocenters. The van der Waals surface area contributed by atoms with E-state index in [-0.39, 0.29) is 11.6 Å². The summed E-state index contributed by atoms with van der Waals surface area (Å²) >= 11 is 5.65. The minimum atomic E-state index is -4.66. The number of ether oxygens (including phenoxy) is 1. The summed E-state index contributed by atoms with van der Waals surface area (Å²) in [4.78, 5) is 8.58. The highest BCUT2D eigenvalue weighted by molar-refractivity contribution is 6.30. The zero-order valence-corrected chi connectivity index (χ0v) is 16.1. The van der Waals surface area contributed by atoms with Crippen molar-refractivity contribution in [2.75, 3.05) is 7.11 Å². The topological polar surface area (TPSA) is 69.7 Å². The van der Waals surface area contributed by atoms with Crippen LogP contribution < -0.4 is 4.74 Å². The number of hydrogen-bond donors (Lipinski definition) is 0. The summed E-state index contributed by atoms with van der Waals surface area (Å²) < 4.78 is 50.2. The zero-order valence-electron chi connectivity index (χ0n) is 15.3. The minimum absolute atomic E-state index is 0.138. The first-order valence-corrected chi connectivity index (χ1v) is 8.66. The second-order valence-corrected chi connectivity index (χ2v) is 6.33. The monoisotopic (exact) mass is 425 g/mol. The number of oxime groups is 1. The number of rotatable bonds is 6. The van der Waals surface area contributed by atoms with Crippen molar-refractivity contribution in [3.8, 4) is 5.88 Å². The molecule has 3 aromatic rings. The van der Waals surface area contributed by atoms with E-state index in [1.165, 1.54) is 7.11 Å². The Morgan fingerprint density at radius 2 is 2.00 bits per heavy atom. The van der Waals surface area contributed by atoms with Crippen molar-refractivity contribution in [2.24, 2.45) is 5.16 Å². The van der Waals surface area contributed by atoms with Crippen LogP contribution in [0, 0.1) is 6.92 Å². The fourth-order valence-corrected chi connectivity index (χ4v) is 2.73. The van der Waals surface area contributed by atoms with Crippen molar-refractivity contribution in [2.45, 2.75) is 19.7 Å². The van der Waals surface area contributed by atoms with Gasteiger partial charge in [0.2, 0.25) is 5.88 Å². The predicted octanol–water partition coefficient (Wildman–Crippen LogP) is 5.03. The van der Waals surface area contributed by atoms with Gasteiger partial charge in [-0.25, -0.2) is 4.98 Å². The van der Waals surface area contributed by atoms with E-state index < -0.39 is 17.6 Å². The molecule has 0 aliphatic rings. The van der Waals surface area contributed by atoms with Crippen molar-refractivity contribution in [1.29, 1.82) is 0 Å². The van der Waals surface area contributed by atoms with Crippen molar-refractivity contribution < 1.29 is 27.3 Å². The van der Waals surface area contributed by atoms with Crippen molar-refractivity contribution >= 4 is 17.3 Å². The molecule has 1 aromatic carbocycles. The Bertz CT molecular complexity index is 1030. The van der Waals surface area contributed by atoms with Gasteiger partial charge in [-0.1, -0.05) is 46.2 Å². The maximum Gasteiger partial charge on any atom is 0.421 e. The van der Waals surface area contributed by atoms with Gasteiger partial charge in [0.25, 0.3) is 0 Å². The Labute approximate surface area is 168 Å². The van der Waals surface area contributed by atoms with Crippen LogP contribution in [0.5, 0.6) is 5.88 Å². The molecule has 0 bridgehead atoms. The number of aromatic nitrogens is 2. The summed E-state index contributed by atoms with van der Waals surface area (Å²) in [5.74, 6) is -0.00284. The van der Waals surface area contributed by atoms with Gasteiger partial charge in [-0.3, -0.25) is 0 Å². The Hall–Kier alpha value is -3.07. The first-order chi connectivity index (χ1) is 13.8. The number of nitrogens with zero attached hydrogens (tertiary/aromatic N) is 3. The van der Waals surface area contributed by atoms with Crippen molar-refractivity contribution in [1.82, 2.24) is 10.1 Å². The molecule has 2 aromatic heterocycles. The number of halogens is 4. The van der Waals surface area contributed by atoms with E-state index in [2.05, 4.69) is 15.3 Å². The highest BCUT2D eigenvalue weighted by atomic mass is 35.5. The molecule has 2 heterocycles. The van der Waals surface area contributed by atoms with E-state index >= 15 is 0 Å². The summed E-state index contributed by atoms with van der Waals surface area (Å²) in [6.45, 7) is 1.52. The lowest BCUT2D eigenvalue weighted by atomic mass is 10.0. The molecule has 0 aliphatic heterocycles. The molecule has 0 amide bonds. The lowest BCUT2D eigenvalue weighted by molar-refractivity contribution is -0.139. The van der Waals surface area contributed by atoms with Gasteiger partial charge >= 0.3 is 6.18 Å². The Kier molecular flexibility index (Phi) is 6.07. The second-order valence-electron chi connectivity index (χ2n) is 5.90. The molecule has 29 heavy (non-hydrogen) atoms. The number of benzene rings is 1. The lowest BCUT2D eigenvalue weighted by Gasteiger charge is -2.15. The number of pyridine rings is 1. The summed E-state index contributed by atoms with van der Waals surface area (Å²) in [5.41, 5.74) is 0.820. The van der Waals surface area contributed by atoms with Crippen LogP contribution in [0.1, 0.15) is 28.1 Å². The second kappa shape index (κ2) is 8.52. The third kappa shape index (κ3) is 4.86. The number of aryl methyl sites for hydroxylation is 1. The number of alkyl halides is 3. The van der Waals surface area contributed by atoms with Crippen LogP contribution in [-0.4, -0.2) is 23.0 Å². The SMILES string of the molecule is CON=C(c1cc(C)on1)c1ccccc1COc1ncc(Cl)cc1C(F)(F)F. The van der Waals surface area contributed by atoms with Gasteiger partial charge in [-0.2, -0.15) is 13.2 Å². The molecular weight excluding hydrogens is 411 g/mol. The van der Waals surface area contributed by atoms with E-state index in [1.54, 1.807) is 37.3 Å². The molecule has 0 spiro atoms. The van der Waals surface area contributed by atoms with Gasteiger partial charge in [0, 0.05) is 17.8 Å². The van der Waals surface area contributed by atoms with Crippen LogP contribution >= 0.6 is 11.6 Å². The zero-order chi connectivity index (χ0) is 21.0. The third-order valence-corrected chi connectivity index (χ3v) is 4.02. The Morgan fingerprint density at radius 3 is 2.66 bits per heavy atom. The molecule has 0 N–H and O–H groups in total. The quantitative estimate of drug-likeness (QED) is 0.409. The molecule has 0 radical (unpaired) electrons. The fourth-order valence-electron chi connectivity index (χ4n) is 2.57. The van der Waals surface area contributed by atoms with E-state index in [9.17, 15) is 13.2 Å². The smallest absolute Gasteiger partial charge is 0.421 e. The maximum atomic E-state index is 13.3. The van der Waals surface area contributed by atoms with Crippen molar-refractivity contribution in [3.63, 3.8) is 0 Å². The van der Waals surface area contributed by atoms with Gasteiger partial charge in [0.15, 0.2) is 0 Å². The van der Waals surface area contributed by atoms with E-state index in [0.29, 0.717) is 28.3 Å². The van der Waals surface area contributed by atoms with Gasteiger partial charge < -0.3 is 14.1 Å². The van der Waals surface area contributed by atoms with E-state index in [4.69, 9.17) is 25.7 Å². The normalized spacial score (nSPS) is 12.1. The molecule has 0 saturated carbocycles. The van der Waals surface area contributed by atoms with Gasteiger partial charge in [-0.15, -0.1) is 0 Å². The minimum Gasteiger partial charge on any atom is -0.472 e. The molecule has 10 heteroatoms. The average molecular weight is 426 g/mol. The third-order valence-electron chi connectivity index (χ3n) is 3.81. The van der Waals surface area contributed by atoms with E-state index in [1.807, 2.05) is 0 Å². The summed E-state index contributed by atoms with van der Waals surface area (Å²) in [5, 5.41) is 7.77. The standard InChI is InChI=1S/C19H15ClF3N3O3/c1-11-7-16(25-29-11)17(26-27-2)14-6-4-3-5-12(14)10-28-18-15(19(21,22)23)8-13(20)9-24-18/h3-9H,10H2,1-2H3. The molecule has 0 saturated heterocycles. The molecular formula is C19H15ClF3N3O3. The van der Waals surface area contributed by atoms with Gasteiger partial charge in [0.05, 0.1) is 5.02 Å². The van der Waals surface area contributed by atoms with E-state index in [0.717, 1.165) is 12.3 Å². The van der Waals surface area contributed by atoms with Crippen LogP contribution in [-0.2, 0) is 17.6 Å². The van der Waals surface area contributed by atoms with Crippen LogP contribution in [0.4, 0.5) is 13.2 Å². The first kappa shape index (κ1) is 20.7. The Morgan fingerprint density at radius 1 is 1.24 bits per heavy atom. The van der Waals surface area contributed by atoms with Crippen LogP contribution in [0.2, 0.25) is 5.02 Å². The predicted molar refractivity (Wildman–Crippen MR) is 98.9 cm³/mol. The highest BCUT2D eigenvalue weighted by Crippen LogP contribution is 2.36. The Balaban J connectivity index is 1.94. The largest absolute Gasteiger partial charge is 0.472 e. The fraction of sp³-hybridized carbons (Fsp3) is 0.211. The highest BCUT2D eigenvalue weighted by Gasteiger charge is 2.35.